The van der Waals surface area contributed by atoms with Crippen molar-refractivity contribution in [3.63, 3.8) is 0 Å². The zero-order chi connectivity index (χ0) is 68.7. The molecule has 4 heterocycles. The Morgan fingerprint density at radius 2 is 0.426 bits per heavy atom. The van der Waals surface area contributed by atoms with E-state index in [4.69, 9.17) is 17.0 Å². The molecule has 8 aliphatic carbocycles. The third-order valence-electron chi connectivity index (χ3n) is 27.2. The van der Waals surface area contributed by atoms with Gasteiger partial charge in [0.15, 0.2) is 0 Å². The van der Waals surface area contributed by atoms with Crippen molar-refractivity contribution in [1.29, 1.82) is 0 Å². The van der Waals surface area contributed by atoms with Crippen molar-refractivity contribution in [3.8, 4) is 0 Å². The van der Waals surface area contributed by atoms with Crippen molar-refractivity contribution in [2.24, 2.45) is 71.0 Å². The van der Waals surface area contributed by atoms with Gasteiger partial charge in [-0.3, -0.25) is 0 Å². The first-order chi connectivity index (χ1) is 49.3. The molecule has 0 N–H and O–H groups in total. The predicted octanol–water partition coefficient (Wildman–Crippen LogP) is 28.9. The van der Waals surface area contributed by atoms with Crippen molar-refractivity contribution >= 4 is 143 Å². The second-order valence-electron chi connectivity index (χ2n) is 32.8. The van der Waals surface area contributed by atoms with Crippen LogP contribution in [-0.4, -0.2) is 34.4 Å². The topological polar surface area (TPSA) is 19.7 Å². The number of allylic oxidation sites excluding steroid dienone is 16. The van der Waals surface area contributed by atoms with Crippen LogP contribution in [0.15, 0.2) is 267 Å². The maximum atomic E-state index is 4.93. The maximum absolute atomic E-state index is 4.93. The van der Waals surface area contributed by atoms with Gasteiger partial charge in [-0.1, -0.05) is 248 Å². The van der Waals surface area contributed by atoms with E-state index in [0.29, 0.717) is 71.0 Å². The normalized spacial score (nSPS) is 26.9. The first-order valence-corrected chi connectivity index (χ1v) is 50.4. The molecule has 20 rings (SSSR count). The molecule has 12 aromatic rings. The van der Waals surface area contributed by atoms with Gasteiger partial charge in [0.2, 0.25) is 0 Å². The first-order valence-electron chi connectivity index (χ1n) is 37.7. The molecular formula is C98H110Cl2N4Si2Zr2. The van der Waals surface area contributed by atoms with Crippen molar-refractivity contribution in [2.45, 2.75) is 102 Å². The van der Waals surface area contributed by atoms with Crippen molar-refractivity contribution in [3.05, 3.63) is 312 Å². The molecule has 4 saturated carbocycles. The van der Waals surface area contributed by atoms with Gasteiger partial charge < -0.3 is 62.8 Å². The van der Waals surface area contributed by atoms with Crippen LogP contribution in [-0.2, 0) is 47.1 Å². The second kappa shape index (κ2) is 32.8. The zero-order valence-electron chi connectivity index (χ0n) is 66.0. The molecule has 0 amide bonds. The fourth-order valence-corrected chi connectivity index (χ4v) is 37.0. The van der Waals surface area contributed by atoms with E-state index >= 15 is 0 Å². The van der Waals surface area contributed by atoms with Gasteiger partial charge in [0, 0.05) is 89.5 Å². The monoisotopic (exact) mass is 1650 g/mol. The second-order valence-corrected chi connectivity index (χ2v) is 46.5. The molecule has 0 aliphatic heterocycles. The number of para-hydroxylation sites is 8. The van der Waals surface area contributed by atoms with Crippen molar-refractivity contribution in [2.75, 3.05) is 0 Å². The van der Waals surface area contributed by atoms with E-state index in [-0.39, 0.29) is 70.8 Å². The van der Waals surface area contributed by atoms with Crippen LogP contribution in [0.25, 0.3) is 110 Å². The van der Waals surface area contributed by atoms with E-state index < -0.39 is 37.0 Å². The molecule has 4 nitrogen and oxygen atoms in total. The molecule has 8 aliphatic rings. The Labute approximate surface area is 686 Å². The molecule has 4 aromatic heterocycles. The summed E-state index contributed by atoms with van der Waals surface area (Å²) in [7, 11) is 6.27. The van der Waals surface area contributed by atoms with Gasteiger partial charge in [-0.15, -0.1) is 0 Å². The number of hydrogen-bond donors (Lipinski definition) is 0. The first kappa shape index (κ1) is 82.6. The molecule has 16 atom stereocenters. The van der Waals surface area contributed by atoms with Gasteiger partial charge in [0.1, 0.15) is 0 Å². The summed E-state index contributed by atoms with van der Waals surface area (Å²) in [4.78, 5) is 0. The van der Waals surface area contributed by atoms with Crippen molar-refractivity contribution < 1.29 is 47.1 Å². The van der Waals surface area contributed by atoms with Gasteiger partial charge in [-0.05, 0) is 168 Å². The summed E-state index contributed by atoms with van der Waals surface area (Å²) in [5, 5.41) is 10.9. The summed E-state index contributed by atoms with van der Waals surface area (Å²) in [5.41, 5.74) is 19.8. The van der Waals surface area contributed by atoms with E-state index in [2.05, 4.69) is 339 Å². The Morgan fingerprint density at radius 1 is 0.278 bits per heavy atom. The van der Waals surface area contributed by atoms with Gasteiger partial charge in [-0.2, -0.15) is 0 Å². The third-order valence-corrected chi connectivity index (χ3v) is 37.9. The molecule has 0 saturated heterocycles. The number of halogens is 2. The average molecular weight is 1650 g/mol. The molecule has 10 heteroatoms. The minimum atomic E-state index is -1.80. The molecule has 0 spiro atoms. The average Bonchev–Trinajstić information content (AvgIpc) is 1.57. The van der Waals surface area contributed by atoms with E-state index in [1.165, 1.54) is 136 Å². The van der Waals surface area contributed by atoms with Crippen LogP contribution in [0.3, 0.4) is 0 Å². The summed E-state index contributed by atoms with van der Waals surface area (Å²) in [5.74, 6) is 7.46. The maximum Gasteiger partial charge on any atom is 4.00 e. The number of fused-ring (bicyclic) bond motifs is 16. The van der Waals surface area contributed by atoms with Crippen LogP contribution >= 0.6 is 17.0 Å². The standard InChI is InChI=1S/2C46H46N2Si.6CH3.2ClH.2Zr/c2*1-29-27-37-35(19-13-25-43(37)47-39-21-9-5-15-31(39)32-16-6-10-22-40(32)47)45(29)49(3,4)46-30(2)28-38-36(46)20-14-26-44(38)48-41-23-11-7-17-33(41)34-18-8-12-24-42(34)48;;;;;;;;;;/h2*5-26,29-30,35-38,45-46H,27-28H2,1-4H3;6*1H3;2*1H;;/q;;6*-1;;;2*+4/p-2. The molecule has 552 valence electrons. The third kappa shape index (κ3) is 13.0. The number of nitrogens with zero attached hydrogens (tertiary/aromatic N) is 4. The molecule has 16 unspecified atom stereocenters. The van der Waals surface area contributed by atoms with Crippen LogP contribution in [0.5, 0.6) is 0 Å². The largest absolute Gasteiger partial charge is 4.00 e. The number of hydrogen-bond acceptors (Lipinski definition) is 0. The van der Waals surface area contributed by atoms with E-state index in [1.54, 1.807) is 0 Å². The van der Waals surface area contributed by atoms with Gasteiger partial charge in [-0.25, -0.2) is 0 Å². The molecule has 108 heavy (non-hydrogen) atoms. The molecule has 0 bridgehead atoms. The number of aromatic nitrogens is 4. The quantitative estimate of drug-likeness (QED) is 0.107. The van der Waals surface area contributed by atoms with Crippen LogP contribution in [0, 0.1) is 116 Å². The number of benzene rings is 8. The SMILES string of the molecule is CC1CC2C(n3c4ccccc4c4ccccc43)=CC=CC2C1[Si](C)(C)C1C(C)CC2C(n3c4ccccc4c4ccccc43)=CC=CC21.CC1CC2C(n3c4ccccc4c4ccccc43)=CC=CC2C1[Si](C)(C)C1C(C)CC2C(n3c4ccccc4c4ccccc43)=CC=CC21.[CH3-].[CH3-].[CH3-].[CH3-].[CH3-].[CH3-].[Cl][Zr+2][Cl].[Zr+4]. The molecule has 0 radical (unpaired) electrons. The number of rotatable bonds is 8. The summed E-state index contributed by atoms with van der Waals surface area (Å²) >= 11 is -0.826. The van der Waals surface area contributed by atoms with Crippen molar-refractivity contribution in [1.82, 2.24) is 18.3 Å². The summed E-state index contributed by atoms with van der Waals surface area (Å²) in [6, 6.07) is 72.3. The minimum absolute atomic E-state index is 0. The van der Waals surface area contributed by atoms with Crippen LogP contribution in [0.4, 0.5) is 0 Å². The Hall–Kier alpha value is -6.34. The minimum Gasteiger partial charge on any atom is 4.00 e. The Morgan fingerprint density at radius 3 is 0.583 bits per heavy atom. The molecular weight excluding hydrogens is 1540 g/mol. The summed E-state index contributed by atoms with van der Waals surface area (Å²) < 4.78 is 10.5. The molecule has 8 aromatic carbocycles. The van der Waals surface area contributed by atoms with Gasteiger partial charge in [0.05, 0.1) is 60.3 Å². The summed E-state index contributed by atoms with van der Waals surface area (Å²) in [6.07, 6.45) is 35.1. The van der Waals surface area contributed by atoms with Crippen LogP contribution in [0.1, 0.15) is 53.4 Å². The fourth-order valence-electron chi connectivity index (χ4n) is 24.4. The molecule has 4 fully saturated rings. The predicted molar refractivity (Wildman–Crippen MR) is 475 cm³/mol. The van der Waals surface area contributed by atoms with E-state index in [9.17, 15) is 0 Å². The van der Waals surface area contributed by atoms with Gasteiger partial charge in [0.25, 0.3) is 0 Å². The van der Waals surface area contributed by atoms with Crippen LogP contribution < -0.4 is 0 Å². The van der Waals surface area contributed by atoms with E-state index in [1.807, 2.05) is 0 Å². The van der Waals surface area contributed by atoms with Gasteiger partial charge >= 0.3 is 64.1 Å². The Bertz CT molecular complexity index is 4660. The smallest absolute Gasteiger partial charge is 4.00 e. The van der Waals surface area contributed by atoms with Crippen LogP contribution in [0.2, 0.25) is 48.4 Å². The zero-order valence-corrected chi connectivity index (χ0v) is 74.4. The Kier molecular flexibility index (Phi) is 25.1. The Balaban J connectivity index is 0.000000195. The summed E-state index contributed by atoms with van der Waals surface area (Å²) in [6.45, 7) is 21.6. The van der Waals surface area contributed by atoms with E-state index in [0.717, 1.165) is 22.2 Å². The fraction of sp³-hybridized carbons (Fsp3) is 0.286.